The number of hydrogen-bond acceptors (Lipinski definition) is 3. The van der Waals surface area contributed by atoms with Crippen LogP contribution in [0.4, 0.5) is 13.2 Å². The second kappa shape index (κ2) is 5.57. The number of aromatic nitrogens is 2. The fourth-order valence-corrected chi connectivity index (χ4v) is 2.86. The molecule has 1 saturated carbocycles. The van der Waals surface area contributed by atoms with E-state index in [9.17, 15) is 18.0 Å². The fourth-order valence-electron chi connectivity index (χ4n) is 2.86. The van der Waals surface area contributed by atoms with Crippen molar-refractivity contribution in [2.45, 2.75) is 24.7 Å². The topological polar surface area (TPSA) is 72.9 Å². The number of benzene rings is 1. The van der Waals surface area contributed by atoms with E-state index in [0.29, 0.717) is 29.4 Å². The zero-order valence-electron chi connectivity index (χ0n) is 13.5. The molecule has 0 radical (unpaired) electrons. The highest BCUT2D eigenvalue weighted by Crippen LogP contribution is 2.35. The van der Waals surface area contributed by atoms with Crippen molar-refractivity contribution in [3.8, 4) is 5.69 Å². The van der Waals surface area contributed by atoms with Gasteiger partial charge >= 0.3 is 6.18 Å². The lowest BCUT2D eigenvalue weighted by Gasteiger charge is -2.12. The van der Waals surface area contributed by atoms with Crippen LogP contribution < -0.4 is 11.1 Å². The normalized spacial score (nSPS) is 15.8. The third-order valence-electron chi connectivity index (χ3n) is 4.43. The van der Waals surface area contributed by atoms with E-state index in [4.69, 9.17) is 5.73 Å². The van der Waals surface area contributed by atoms with Gasteiger partial charge in [0.1, 0.15) is 0 Å². The number of hydrogen-bond donors (Lipinski definition) is 2. The van der Waals surface area contributed by atoms with Crippen LogP contribution in [0.15, 0.2) is 48.9 Å². The van der Waals surface area contributed by atoms with E-state index in [2.05, 4.69) is 10.3 Å². The Morgan fingerprint density at radius 3 is 2.62 bits per heavy atom. The molecule has 26 heavy (non-hydrogen) atoms. The highest BCUT2D eigenvalue weighted by Gasteiger charge is 2.43. The Hall–Kier alpha value is -2.87. The summed E-state index contributed by atoms with van der Waals surface area (Å²) in [5.74, 6) is -0.825. The number of rotatable bonds is 3. The van der Waals surface area contributed by atoms with Gasteiger partial charge in [0, 0.05) is 24.0 Å². The van der Waals surface area contributed by atoms with Crippen LogP contribution in [0.25, 0.3) is 16.6 Å². The molecule has 0 aliphatic heterocycles. The quantitative estimate of drug-likeness (QED) is 0.705. The molecule has 3 N–H and O–H groups in total. The molecule has 1 fully saturated rings. The number of alkyl halides is 3. The van der Waals surface area contributed by atoms with Crippen LogP contribution in [0.1, 0.15) is 28.8 Å². The van der Waals surface area contributed by atoms with Gasteiger partial charge in [0.15, 0.2) is 0 Å². The molecule has 0 spiro atoms. The number of nitrogens with one attached hydrogen (secondary N) is 1. The predicted molar refractivity (Wildman–Crippen MR) is 89.7 cm³/mol. The highest BCUT2D eigenvalue weighted by molar-refractivity contribution is 5.97. The van der Waals surface area contributed by atoms with Gasteiger partial charge in [-0.2, -0.15) is 13.2 Å². The fraction of sp³-hybridized carbons (Fsp3) is 0.222. The Morgan fingerprint density at radius 1 is 1.19 bits per heavy atom. The first kappa shape index (κ1) is 16.6. The van der Waals surface area contributed by atoms with E-state index >= 15 is 0 Å². The van der Waals surface area contributed by atoms with Crippen molar-refractivity contribution in [2.24, 2.45) is 5.73 Å². The maximum atomic E-state index is 13.5. The molecule has 1 aliphatic carbocycles. The maximum absolute atomic E-state index is 13.5. The van der Waals surface area contributed by atoms with E-state index in [0.717, 1.165) is 6.20 Å². The molecule has 8 heteroatoms. The third-order valence-corrected chi connectivity index (χ3v) is 4.43. The molecule has 1 amide bonds. The predicted octanol–water partition coefficient (Wildman–Crippen LogP) is 3.22. The van der Waals surface area contributed by atoms with Gasteiger partial charge in [-0.3, -0.25) is 9.78 Å². The molecule has 2 aromatic heterocycles. The summed E-state index contributed by atoms with van der Waals surface area (Å²) in [7, 11) is 0. The Bertz CT molecular complexity index is 1000. The Kier molecular flexibility index (Phi) is 3.55. The monoisotopic (exact) mass is 360 g/mol. The van der Waals surface area contributed by atoms with Gasteiger partial charge in [-0.1, -0.05) is 18.2 Å². The first-order chi connectivity index (χ1) is 12.3. The van der Waals surface area contributed by atoms with Crippen LogP contribution >= 0.6 is 0 Å². The summed E-state index contributed by atoms with van der Waals surface area (Å²) in [6.07, 6.45) is 0.0693. The van der Waals surface area contributed by atoms with E-state index in [1.54, 1.807) is 30.3 Å². The summed E-state index contributed by atoms with van der Waals surface area (Å²) in [4.78, 5) is 16.6. The molecule has 5 nitrogen and oxygen atoms in total. The minimum absolute atomic E-state index is 0.449. The van der Waals surface area contributed by atoms with Gasteiger partial charge in [0.05, 0.1) is 28.0 Å². The van der Waals surface area contributed by atoms with Crippen molar-refractivity contribution in [3.05, 3.63) is 60.0 Å². The molecule has 0 unspecified atom stereocenters. The lowest BCUT2D eigenvalue weighted by molar-refractivity contribution is -0.137. The largest absolute Gasteiger partial charge is 0.418 e. The number of pyridine rings is 1. The number of nitrogens with zero attached hydrogens (tertiary/aromatic N) is 2. The summed E-state index contributed by atoms with van der Waals surface area (Å²) in [5.41, 5.74) is 4.62. The highest BCUT2D eigenvalue weighted by atomic mass is 19.4. The van der Waals surface area contributed by atoms with Crippen LogP contribution in [0.2, 0.25) is 0 Å². The lowest BCUT2D eigenvalue weighted by atomic mass is 10.2. The van der Waals surface area contributed by atoms with Gasteiger partial charge in [-0.05, 0) is 25.0 Å². The van der Waals surface area contributed by atoms with E-state index in [-0.39, 0.29) is 0 Å². The van der Waals surface area contributed by atoms with Gasteiger partial charge in [-0.15, -0.1) is 0 Å². The Labute approximate surface area is 146 Å². The average Bonchev–Trinajstić information content (AvgIpc) is 3.14. The van der Waals surface area contributed by atoms with Gasteiger partial charge in [-0.25, -0.2) is 0 Å². The summed E-state index contributed by atoms with van der Waals surface area (Å²) >= 11 is 0. The van der Waals surface area contributed by atoms with E-state index in [1.807, 2.05) is 0 Å². The molecule has 0 saturated heterocycles. The van der Waals surface area contributed by atoms with Crippen molar-refractivity contribution >= 4 is 16.8 Å². The first-order valence-corrected chi connectivity index (χ1v) is 8.02. The van der Waals surface area contributed by atoms with Gasteiger partial charge in [0.25, 0.3) is 5.91 Å². The van der Waals surface area contributed by atoms with Gasteiger partial charge in [0.2, 0.25) is 0 Å². The Morgan fingerprint density at radius 2 is 1.92 bits per heavy atom. The molecular formula is C18H15F3N4O. The zero-order chi connectivity index (χ0) is 18.5. The molecule has 1 aromatic carbocycles. The maximum Gasteiger partial charge on any atom is 0.418 e. The second-order valence-electron chi connectivity index (χ2n) is 6.45. The van der Waals surface area contributed by atoms with Crippen molar-refractivity contribution in [1.82, 2.24) is 14.9 Å². The second-order valence-corrected chi connectivity index (χ2v) is 6.45. The molecule has 1 aliphatic rings. The summed E-state index contributed by atoms with van der Waals surface area (Å²) in [6, 6.07) is 8.72. The molecule has 134 valence electrons. The number of carbonyl (C=O) groups excluding carboxylic acids is 1. The standard InChI is InChI=1S/C18H15F3N4O/c19-18(20,21)13-10-25(9-12(13)16(26)24-17(22)6-7-17)15-5-8-23-14-4-2-1-3-11(14)15/h1-5,8-10H,6-7,22H2,(H,24,26). The summed E-state index contributed by atoms with van der Waals surface area (Å²) < 4.78 is 41.7. The molecule has 4 rings (SSSR count). The number of fused-ring (bicyclic) bond motifs is 1. The van der Waals surface area contributed by atoms with Crippen LogP contribution in [0.3, 0.4) is 0 Å². The number of carbonyl (C=O) groups is 1. The van der Waals surface area contributed by atoms with Crippen molar-refractivity contribution in [1.29, 1.82) is 0 Å². The van der Waals surface area contributed by atoms with Crippen LogP contribution in [-0.4, -0.2) is 21.1 Å². The molecular weight excluding hydrogens is 345 g/mol. The SMILES string of the molecule is NC1(NC(=O)c2cn(-c3ccnc4ccccc34)cc2C(F)(F)F)CC1. The first-order valence-electron chi connectivity index (χ1n) is 8.02. The third kappa shape index (κ3) is 2.92. The van der Waals surface area contributed by atoms with Gasteiger partial charge < -0.3 is 15.6 Å². The number of para-hydroxylation sites is 1. The van der Waals surface area contributed by atoms with Crippen LogP contribution in [-0.2, 0) is 6.18 Å². The van der Waals surface area contributed by atoms with Crippen LogP contribution in [0.5, 0.6) is 0 Å². The van der Waals surface area contributed by atoms with E-state index in [1.165, 1.54) is 17.0 Å². The Balaban J connectivity index is 1.83. The van der Waals surface area contributed by atoms with E-state index < -0.39 is 28.9 Å². The number of nitrogens with two attached hydrogens (primary N) is 1. The van der Waals surface area contributed by atoms with Crippen LogP contribution in [0, 0.1) is 0 Å². The molecule has 3 aromatic rings. The summed E-state index contributed by atoms with van der Waals surface area (Å²) in [5, 5.41) is 3.16. The minimum atomic E-state index is -4.66. The molecule has 0 bridgehead atoms. The number of amides is 1. The molecule has 0 atom stereocenters. The average molecular weight is 360 g/mol. The minimum Gasteiger partial charge on any atom is -0.334 e. The number of halogens is 3. The van der Waals surface area contributed by atoms with Crippen molar-refractivity contribution < 1.29 is 18.0 Å². The lowest BCUT2D eigenvalue weighted by Crippen LogP contribution is -2.44. The smallest absolute Gasteiger partial charge is 0.334 e. The van der Waals surface area contributed by atoms with Crippen molar-refractivity contribution in [3.63, 3.8) is 0 Å². The van der Waals surface area contributed by atoms with Crippen molar-refractivity contribution in [2.75, 3.05) is 0 Å². The zero-order valence-corrected chi connectivity index (χ0v) is 13.5. The molecule has 2 heterocycles. The summed E-state index contributed by atoms with van der Waals surface area (Å²) in [6.45, 7) is 0.